The predicted octanol–water partition coefficient (Wildman–Crippen LogP) is 4.85. The lowest BCUT2D eigenvalue weighted by Gasteiger charge is -2.41. The molecule has 4 nitrogen and oxygen atoms in total. The monoisotopic (exact) mass is 394 g/mol. The van der Waals surface area contributed by atoms with Gasteiger partial charge >= 0.3 is 0 Å². The maximum Gasteiger partial charge on any atom is 0.0966 e. The summed E-state index contributed by atoms with van der Waals surface area (Å²) in [4.78, 5) is 14.1. The Morgan fingerprint density at radius 1 is 0.800 bits per heavy atom. The Hall–Kier alpha value is -3.24. The van der Waals surface area contributed by atoms with Gasteiger partial charge in [0.15, 0.2) is 0 Å². The molecule has 1 unspecified atom stereocenters. The summed E-state index contributed by atoms with van der Waals surface area (Å²) in [5, 5.41) is 1.10. The van der Waals surface area contributed by atoms with Gasteiger partial charge in [-0.2, -0.15) is 0 Å². The van der Waals surface area contributed by atoms with E-state index in [0.29, 0.717) is 0 Å². The first kappa shape index (κ1) is 18.8. The largest absolute Gasteiger partial charge is 0.366 e. The number of anilines is 1. The summed E-state index contributed by atoms with van der Waals surface area (Å²) in [5.74, 6) is 0. The number of fused-ring (bicyclic) bond motifs is 1. The van der Waals surface area contributed by atoms with Gasteiger partial charge in [0.2, 0.25) is 0 Å². The Labute approximate surface area is 177 Å². The zero-order valence-corrected chi connectivity index (χ0v) is 17.3. The third-order valence-corrected chi connectivity index (χ3v) is 6.11. The van der Waals surface area contributed by atoms with Crippen LogP contribution in [0.4, 0.5) is 5.69 Å². The van der Waals surface area contributed by atoms with Crippen LogP contribution in [0.25, 0.3) is 10.9 Å². The number of rotatable bonds is 4. The van der Waals surface area contributed by atoms with Crippen molar-refractivity contribution in [1.82, 2.24) is 14.9 Å². The molecule has 1 saturated heterocycles. The predicted molar refractivity (Wildman–Crippen MR) is 123 cm³/mol. The van der Waals surface area contributed by atoms with Crippen LogP contribution in [0, 0.1) is 6.92 Å². The van der Waals surface area contributed by atoms with Gasteiger partial charge < -0.3 is 4.90 Å². The summed E-state index contributed by atoms with van der Waals surface area (Å²) in [6, 6.07) is 24.0. The number of pyridine rings is 2. The van der Waals surface area contributed by atoms with E-state index in [0.717, 1.165) is 42.8 Å². The van der Waals surface area contributed by atoms with E-state index < -0.39 is 0 Å². The Morgan fingerprint density at radius 3 is 2.37 bits per heavy atom. The average Bonchev–Trinajstić information content (AvgIpc) is 2.81. The molecule has 0 bridgehead atoms. The molecule has 4 heteroatoms. The second-order valence-corrected chi connectivity index (χ2v) is 7.93. The molecule has 0 radical (unpaired) electrons. The highest BCUT2D eigenvalue weighted by Crippen LogP contribution is 2.33. The summed E-state index contributed by atoms with van der Waals surface area (Å²) in [7, 11) is 0. The van der Waals surface area contributed by atoms with E-state index in [2.05, 4.69) is 87.4 Å². The third kappa shape index (κ3) is 3.55. The zero-order chi connectivity index (χ0) is 20.3. The van der Waals surface area contributed by atoms with Crippen molar-refractivity contribution in [3.8, 4) is 0 Å². The molecule has 5 rings (SSSR count). The van der Waals surface area contributed by atoms with E-state index >= 15 is 0 Å². The van der Waals surface area contributed by atoms with Gasteiger partial charge in [-0.3, -0.25) is 14.9 Å². The quantitative estimate of drug-likeness (QED) is 0.495. The normalized spacial score (nSPS) is 16.0. The van der Waals surface area contributed by atoms with Crippen LogP contribution < -0.4 is 4.90 Å². The van der Waals surface area contributed by atoms with E-state index in [1.807, 2.05) is 24.7 Å². The molecule has 0 spiro atoms. The van der Waals surface area contributed by atoms with Crippen LogP contribution in [0.3, 0.4) is 0 Å². The fraction of sp³-hybridized carbons (Fsp3) is 0.231. The molecule has 0 N–H and O–H groups in total. The van der Waals surface area contributed by atoms with Crippen molar-refractivity contribution in [2.75, 3.05) is 31.1 Å². The molecule has 150 valence electrons. The molecule has 4 aromatic rings. The molecular weight excluding hydrogens is 368 g/mol. The van der Waals surface area contributed by atoms with Crippen molar-refractivity contribution < 1.29 is 0 Å². The number of hydrogen-bond acceptors (Lipinski definition) is 4. The molecule has 2 aromatic carbocycles. The summed E-state index contributed by atoms with van der Waals surface area (Å²) >= 11 is 0. The lowest BCUT2D eigenvalue weighted by Crippen LogP contribution is -2.48. The molecule has 1 aliphatic heterocycles. The summed E-state index contributed by atoms with van der Waals surface area (Å²) in [5.41, 5.74) is 6.27. The van der Waals surface area contributed by atoms with Gasteiger partial charge in [-0.25, -0.2) is 0 Å². The molecule has 3 heterocycles. The number of benzene rings is 2. The van der Waals surface area contributed by atoms with Crippen LogP contribution in [0.15, 0.2) is 85.3 Å². The number of piperazine rings is 1. The van der Waals surface area contributed by atoms with Crippen LogP contribution in [-0.2, 0) is 0 Å². The highest BCUT2D eigenvalue weighted by atomic mass is 15.3. The van der Waals surface area contributed by atoms with Gasteiger partial charge in [0.25, 0.3) is 0 Å². The van der Waals surface area contributed by atoms with Gasteiger partial charge in [-0.05, 0) is 35.7 Å². The van der Waals surface area contributed by atoms with Crippen molar-refractivity contribution >= 4 is 16.6 Å². The van der Waals surface area contributed by atoms with Crippen LogP contribution in [0.1, 0.15) is 22.7 Å². The minimum atomic E-state index is 0.276. The van der Waals surface area contributed by atoms with Crippen LogP contribution in [0.2, 0.25) is 0 Å². The maximum atomic E-state index is 4.62. The minimum absolute atomic E-state index is 0.276. The first-order valence-electron chi connectivity index (χ1n) is 10.6. The summed E-state index contributed by atoms with van der Waals surface area (Å²) in [6.07, 6.45) is 5.72. The van der Waals surface area contributed by atoms with Crippen molar-refractivity contribution in [1.29, 1.82) is 0 Å². The fourth-order valence-electron chi connectivity index (χ4n) is 4.55. The second-order valence-electron chi connectivity index (χ2n) is 7.93. The molecule has 2 aromatic heterocycles. The molecule has 30 heavy (non-hydrogen) atoms. The second kappa shape index (κ2) is 8.25. The van der Waals surface area contributed by atoms with Crippen molar-refractivity contribution in [2.24, 2.45) is 0 Å². The van der Waals surface area contributed by atoms with Crippen LogP contribution in [-0.4, -0.2) is 41.0 Å². The number of aryl methyl sites for hydroxylation is 1. The molecular formula is C26H26N4. The standard InChI is InChI=1S/C26H26N4/c1-20-8-5-6-12-23(20)26(21-9-3-2-4-10-21)30-16-14-29(15-17-30)24-19-27-18-22-11-7-13-28-25(22)24/h2-13,18-19,26H,14-17H2,1H3. The van der Waals surface area contributed by atoms with E-state index in [1.165, 1.54) is 16.7 Å². The molecule has 1 atom stereocenters. The highest BCUT2D eigenvalue weighted by Gasteiger charge is 2.28. The van der Waals surface area contributed by atoms with Crippen molar-refractivity contribution in [3.05, 3.63) is 102 Å². The highest BCUT2D eigenvalue weighted by molar-refractivity contribution is 5.89. The minimum Gasteiger partial charge on any atom is -0.366 e. The first-order chi connectivity index (χ1) is 14.8. The van der Waals surface area contributed by atoms with Gasteiger partial charge in [-0.15, -0.1) is 0 Å². The van der Waals surface area contributed by atoms with E-state index in [4.69, 9.17) is 0 Å². The van der Waals surface area contributed by atoms with Crippen LogP contribution in [0.5, 0.6) is 0 Å². The fourth-order valence-corrected chi connectivity index (χ4v) is 4.55. The van der Waals surface area contributed by atoms with Gasteiger partial charge in [0.05, 0.1) is 23.4 Å². The Morgan fingerprint density at radius 2 is 1.57 bits per heavy atom. The number of hydrogen-bond donors (Lipinski definition) is 0. The average molecular weight is 395 g/mol. The summed E-state index contributed by atoms with van der Waals surface area (Å²) in [6.45, 7) is 6.14. The SMILES string of the molecule is Cc1ccccc1C(c1ccccc1)N1CCN(c2cncc3cccnc23)CC1. The lowest BCUT2D eigenvalue weighted by atomic mass is 9.93. The molecule has 0 aliphatic carbocycles. The Balaban J connectivity index is 1.43. The lowest BCUT2D eigenvalue weighted by molar-refractivity contribution is 0.212. The molecule has 1 fully saturated rings. The van der Waals surface area contributed by atoms with Gasteiger partial charge in [-0.1, -0.05) is 54.6 Å². The molecule has 1 aliphatic rings. The topological polar surface area (TPSA) is 32.3 Å². The van der Waals surface area contributed by atoms with E-state index in [9.17, 15) is 0 Å². The Bertz CT molecular complexity index is 1130. The first-order valence-corrected chi connectivity index (χ1v) is 10.6. The van der Waals surface area contributed by atoms with Crippen LogP contribution >= 0.6 is 0 Å². The van der Waals surface area contributed by atoms with Crippen molar-refractivity contribution in [3.63, 3.8) is 0 Å². The Kier molecular flexibility index (Phi) is 5.16. The number of aromatic nitrogens is 2. The number of nitrogens with zero attached hydrogens (tertiary/aromatic N) is 4. The smallest absolute Gasteiger partial charge is 0.0966 e. The van der Waals surface area contributed by atoms with Gasteiger partial charge in [0.1, 0.15) is 0 Å². The maximum absolute atomic E-state index is 4.62. The molecule has 0 amide bonds. The van der Waals surface area contributed by atoms with Crippen molar-refractivity contribution in [2.45, 2.75) is 13.0 Å². The third-order valence-electron chi connectivity index (χ3n) is 6.11. The summed E-state index contributed by atoms with van der Waals surface area (Å²) < 4.78 is 0. The van der Waals surface area contributed by atoms with Gasteiger partial charge in [0, 0.05) is 44.0 Å². The van der Waals surface area contributed by atoms with E-state index in [1.54, 1.807) is 0 Å². The zero-order valence-electron chi connectivity index (χ0n) is 17.3. The molecule has 0 saturated carbocycles. The van der Waals surface area contributed by atoms with E-state index in [-0.39, 0.29) is 6.04 Å².